The van der Waals surface area contributed by atoms with Gasteiger partial charge in [-0.25, -0.2) is 4.79 Å². The highest BCUT2D eigenvalue weighted by molar-refractivity contribution is 5.95. The second-order valence-electron chi connectivity index (χ2n) is 7.39. The molecule has 1 aromatic carbocycles. The van der Waals surface area contributed by atoms with Crippen LogP contribution in [-0.4, -0.2) is 85.2 Å². The van der Waals surface area contributed by atoms with Gasteiger partial charge >= 0.3 is 6.03 Å². The third kappa shape index (κ3) is 4.78. The first-order valence-electron chi connectivity index (χ1n) is 9.69. The minimum absolute atomic E-state index is 0.00310. The van der Waals surface area contributed by atoms with Crippen molar-refractivity contribution in [3.05, 3.63) is 29.3 Å². The molecule has 0 aromatic heterocycles. The highest BCUT2D eigenvalue weighted by Crippen LogP contribution is 2.18. The molecule has 2 aliphatic rings. The zero-order chi connectivity index (χ0) is 19.4. The van der Waals surface area contributed by atoms with Crippen molar-refractivity contribution in [3.8, 4) is 0 Å². The molecule has 1 N–H and O–H groups in total. The molecule has 7 nitrogen and oxygen atoms in total. The smallest absolute Gasteiger partial charge is 0.320 e. The topological polar surface area (TPSA) is 65.1 Å². The van der Waals surface area contributed by atoms with Crippen LogP contribution in [0.25, 0.3) is 0 Å². The molecular formula is C20H30N4O3. The number of urea groups is 1. The van der Waals surface area contributed by atoms with Gasteiger partial charge in [-0.05, 0) is 38.0 Å². The first-order valence-corrected chi connectivity index (χ1v) is 9.69. The second kappa shape index (κ2) is 8.71. The number of rotatable bonds is 3. The van der Waals surface area contributed by atoms with Crippen molar-refractivity contribution in [1.82, 2.24) is 14.7 Å². The molecule has 3 rings (SSSR count). The lowest BCUT2D eigenvalue weighted by Crippen LogP contribution is -2.57. The van der Waals surface area contributed by atoms with E-state index in [1.54, 1.807) is 0 Å². The van der Waals surface area contributed by atoms with Crippen LogP contribution in [0.5, 0.6) is 0 Å². The number of hydrogen-bond donors (Lipinski definition) is 1. The second-order valence-corrected chi connectivity index (χ2v) is 7.39. The van der Waals surface area contributed by atoms with E-state index in [-0.39, 0.29) is 18.0 Å². The van der Waals surface area contributed by atoms with Gasteiger partial charge in [-0.2, -0.15) is 0 Å². The molecular weight excluding hydrogens is 344 g/mol. The minimum Gasteiger partial charge on any atom is -0.378 e. The zero-order valence-corrected chi connectivity index (χ0v) is 16.5. The molecule has 0 aliphatic carbocycles. The molecule has 27 heavy (non-hydrogen) atoms. The molecule has 2 aliphatic heterocycles. The highest BCUT2D eigenvalue weighted by Gasteiger charge is 2.30. The van der Waals surface area contributed by atoms with Crippen molar-refractivity contribution in [2.24, 2.45) is 0 Å². The van der Waals surface area contributed by atoms with Crippen LogP contribution in [0.4, 0.5) is 10.5 Å². The van der Waals surface area contributed by atoms with Crippen LogP contribution in [0.2, 0.25) is 0 Å². The molecule has 1 atom stereocenters. The molecule has 2 heterocycles. The fourth-order valence-corrected chi connectivity index (χ4v) is 3.53. The van der Waals surface area contributed by atoms with E-state index in [0.29, 0.717) is 52.5 Å². The lowest BCUT2D eigenvalue weighted by molar-refractivity contribution is -0.121. The summed E-state index contributed by atoms with van der Waals surface area (Å²) >= 11 is 0. The molecule has 0 saturated carbocycles. The molecule has 1 unspecified atom stereocenters. The van der Waals surface area contributed by atoms with Gasteiger partial charge in [0.25, 0.3) is 0 Å². The lowest BCUT2D eigenvalue weighted by Gasteiger charge is -2.40. The molecule has 7 heteroatoms. The lowest BCUT2D eigenvalue weighted by atomic mass is 10.1. The Hall–Kier alpha value is -2.12. The summed E-state index contributed by atoms with van der Waals surface area (Å²) in [6.07, 6.45) is 0. The highest BCUT2D eigenvalue weighted by atomic mass is 16.5. The number of nitrogens with zero attached hydrogens (tertiary/aromatic N) is 3. The van der Waals surface area contributed by atoms with Gasteiger partial charge in [0.1, 0.15) is 0 Å². The van der Waals surface area contributed by atoms with Crippen LogP contribution in [0.15, 0.2) is 18.2 Å². The number of piperazine rings is 1. The number of aryl methyl sites for hydroxylation is 2. The Morgan fingerprint density at radius 2 is 1.63 bits per heavy atom. The third-order valence-corrected chi connectivity index (χ3v) is 5.44. The van der Waals surface area contributed by atoms with E-state index in [9.17, 15) is 9.59 Å². The number of morpholine rings is 1. The predicted octanol–water partition coefficient (Wildman–Crippen LogP) is 1.70. The summed E-state index contributed by atoms with van der Waals surface area (Å²) < 4.78 is 5.31. The Kier molecular flexibility index (Phi) is 6.34. The fourth-order valence-electron chi connectivity index (χ4n) is 3.53. The minimum atomic E-state index is -0.231. The summed E-state index contributed by atoms with van der Waals surface area (Å²) in [6, 6.07) is 5.92. The van der Waals surface area contributed by atoms with Gasteiger partial charge in [-0.15, -0.1) is 0 Å². The number of carbonyl (C=O) groups excluding carboxylic acids is 2. The molecule has 148 valence electrons. The number of nitrogens with one attached hydrogen (secondary N) is 1. The maximum Gasteiger partial charge on any atom is 0.320 e. The normalized spacial score (nSPS) is 19.7. The van der Waals surface area contributed by atoms with Gasteiger partial charge in [0.05, 0.1) is 19.3 Å². The SMILES string of the molecule is Cc1ccc(C)c(NC(=O)C(C)N2CCN(C(=O)N3CCOCC3)CC2)c1. The zero-order valence-electron chi connectivity index (χ0n) is 16.5. The quantitative estimate of drug-likeness (QED) is 0.875. The van der Waals surface area contributed by atoms with E-state index in [4.69, 9.17) is 4.74 Å². The van der Waals surface area contributed by atoms with Crippen LogP contribution in [0.3, 0.4) is 0 Å². The number of hydrogen-bond acceptors (Lipinski definition) is 4. The van der Waals surface area contributed by atoms with Gasteiger partial charge in [0, 0.05) is 45.0 Å². The van der Waals surface area contributed by atoms with E-state index < -0.39 is 0 Å². The van der Waals surface area contributed by atoms with Gasteiger partial charge < -0.3 is 19.9 Å². The van der Waals surface area contributed by atoms with Crippen LogP contribution in [-0.2, 0) is 9.53 Å². The van der Waals surface area contributed by atoms with Crippen LogP contribution < -0.4 is 5.32 Å². The fraction of sp³-hybridized carbons (Fsp3) is 0.600. The maximum atomic E-state index is 12.7. The Balaban J connectivity index is 1.51. The molecule has 0 bridgehead atoms. The van der Waals surface area contributed by atoms with Crippen molar-refractivity contribution in [2.45, 2.75) is 26.8 Å². The average Bonchev–Trinajstić information content (AvgIpc) is 2.70. The van der Waals surface area contributed by atoms with E-state index in [2.05, 4.69) is 10.2 Å². The van der Waals surface area contributed by atoms with Crippen LogP contribution >= 0.6 is 0 Å². The van der Waals surface area contributed by atoms with Crippen molar-refractivity contribution >= 4 is 17.6 Å². The molecule has 2 saturated heterocycles. The van der Waals surface area contributed by atoms with Gasteiger partial charge in [0.2, 0.25) is 5.91 Å². The molecule has 1 aromatic rings. The Labute approximate surface area is 161 Å². The molecule has 2 fully saturated rings. The first kappa shape index (κ1) is 19.6. The number of anilines is 1. The number of carbonyl (C=O) groups is 2. The predicted molar refractivity (Wildman–Crippen MR) is 105 cm³/mol. The summed E-state index contributed by atoms with van der Waals surface area (Å²) in [4.78, 5) is 31.1. The summed E-state index contributed by atoms with van der Waals surface area (Å²) in [6.45, 7) is 11.2. The molecule has 3 amide bonds. The number of benzene rings is 1. The van der Waals surface area contributed by atoms with E-state index in [1.807, 2.05) is 48.8 Å². The van der Waals surface area contributed by atoms with Gasteiger partial charge in [0.15, 0.2) is 0 Å². The van der Waals surface area contributed by atoms with Crippen molar-refractivity contribution in [2.75, 3.05) is 57.8 Å². The third-order valence-electron chi connectivity index (χ3n) is 5.44. The van der Waals surface area contributed by atoms with E-state index in [1.165, 1.54) is 0 Å². The summed E-state index contributed by atoms with van der Waals surface area (Å²) in [5.74, 6) is -0.00310. The Bertz CT molecular complexity index is 680. The van der Waals surface area contributed by atoms with Crippen molar-refractivity contribution < 1.29 is 14.3 Å². The van der Waals surface area contributed by atoms with Gasteiger partial charge in [-0.3, -0.25) is 9.69 Å². The van der Waals surface area contributed by atoms with Crippen molar-refractivity contribution in [3.63, 3.8) is 0 Å². The summed E-state index contributed by atoms with van der Waals surface area (Å²) in [5.41, 5.74) is 3.05. The van der Waals surface area contributed by atoms with E-state index in [0.717, 1.165) is 16.8 Å². The summed E-state index contributed by atoms with van der Waals surface area (Å²) in [7, 11) is 0. The van der Waals surface area contributed by atoms with Crippen LogP contribution in [0, 0.1) is 13.8 Å². The molecule has 0 spiro atoms. The number of ether oxygens (including phenoxy) is 1. The largest absolute Gasteiger partial charge is 0.378 e. The number of amides is 3. The average molecular weight is 374 g/mol. The van der Waals surface area contributed by atoms with Crippen molar-refractivity contribution in [1.29, 1.82) is 0 Å². The Morgan fingerprint density at radius 1 is 1.00 bits per heavy atom. The molecule has 0 radical (unpaired) electrons. The van der Waals surface area contributed by atoms with Gasteiger partial charge in [-0.1, -0.05) is 12.1 Å². The first-order chi connectivity index (χ1) is 13.0. The summed E-state index contributed by atoms with van der Waals surface area (Å²) in [5, 5.41) is 3.05. The van der Waals surface area contributed by atoms with Crippen LogP contribution in [0.1, 0.15) is 18.1 Å². The standard InChI is InChI=1S/C20H30N4O3/c1-15-4-5-16(2)18(14-15)21-19(25)17(3)22-6-8-23(9-7-22)20(26)24-10-12-27-13-11-24/h4-5,14,17H,6-13H2,1-3H3,(H,21,25). The Morgan fingerprint density at radius 3 is 2.30 bits per heavy atom. The van der Waals surface area contributed by atoms with E-state index >= 15 is 0 Å². The monoisotopic (exact) mass is 374 g/mol. The maximum absolute atomic E-state index is 12.7.